The fourth-order valence-corrected chi connectivity index (χ4v) is 3.98. The van der Waals surface area contributed by atoms with Crippen molar-refractivity contribution in [1.29, 1.82) is 0 Å². The highest BCUT2D eigenvalue weighted by atomic mass is 19.1. The van der Waals surface area contributed by atoms with Gasteiger partial charge in [-0.05, 0) is 69.5 Å². The van der Waals surface area contributed by atoms with Crippen molar-refractivity contribution in [1.82, 2.24) is 9.78 Å². The molecule has 1 aliphatic heterocycles. The summed E-state index contributed by atoms with van der Waals surface area (Å²) in [6.07, 6.45) is 5.90. The lowest BCUT2D eigenvalue weighted by molar-refractivity contribution is -0.271. The van der Waals surface area contributed by atoms with Crippen LogP contribution in [-0.2, 0) is 15.9 Å². The topological polar surface area (TPSA) is 36.3 Å². The number of benzene rings is 1. The minimum absolute atomic E-state index is 0.191. The summed E-state index contributed by atoms with van der Waals surface area (Å²) in [5.74, 6) is -0.246. The van der Waals surface area contributed by atoms with Gasteiger partial charge in [0, 0.05) is 5.41 Å². The number of aromatic nitrogens is 2. The molecule has 0 saturated carbocycles. The van der Waals surface area contributed by atoms with Crippen molar-refractivity contribution in [2.24, 2.45) is 5.41 Å². The molecule has 0 bridgehead atoms. The van der Waals surface area contributed by atoms with E-state index in [1.54, 1.807) is 12.1 Å². The third-order valence-corrected chi connectivity index (χ3v) is 5.67. The predicted molar refractivity (Wildman–Crippen MR) is 98.5 cm³/mol. The Hall–Kier alpha value is -1.98. The van der Waals surface area contributed by atoms with E-state index in [2.05, 4.69) is 38.9 Å². The van der Waals surface area contributed by atoms with Crippen LogP contribution in [0.15, 0.2) is 36.0 Å². The average molecular weight is 356 g/mol. The summed E-state index contributed by atoms with van der Waals surface area (Å²) in [6.45, 7) is 8.54. The van der Waals surface area contributed by atoms with Gasteiger partial charge in [-0.2, -0.15) is 5.10 Å². The zero-order valence-corrected chi connectivity index (χ0v) is 15.7. The average Bonchev–Trinajstić information content (AvgIpc) is 2.97. The van der Waals surface area contributed by atoms with Crippen molar-refractivity contribution >= 4 is 6.08 Å². The molecule has 0 radical (unpaired) electrons. The monoisotopic (exact) mass is 356 g/mol. The van der Waals surface area contributed by atoms with Gasteiger partial charge < -0.3 is 9.47 Å². The van der Waals surface area contributed by atoms with Crippen molar-refractivity contribution < 1.29 is 13.9 Å². The summed E-state index contributed by atoms with van der Waals surface area (Å²) >= 11 is 0. The second-order valence-electron chi connectivity index (χ2n) is 7.83. The highest BCUT2D eigenvalue weighted by Crippen LogP contribution is 2.44. The van der Waals surface area contributed by atoms with Crippen molar-refractivity contribution in [3.63, 3.8) is 0 Å². The first-order valence-electron chi connectivity index (χ1n) is 9.19. The molecule has 2 aromatic rings. The van der Waals surface area contributed by atoms with Gasteiger partial charge in [-0.3, -0.25) is 0 Å². The van der Waals surface area contributed by atoms with Gasteiger partial charge in [-0.15, -0.1) is 0 Å². The molecule has 1 fully saturated rings. The predicted octanol–water partition coefficient (Wildman–Crippen LogP) is 4.52. The largest absolute Gasteiger partial charge is 0.349 e. The number of nitrogens with zero attached hydrogens (tertiary/aromatic N) is 2. The van der Waals surface area contributed by atoms with E-state index in [-0.39, 0.29) is 29.7 Å². The molecule has 1 aromatic heterocycles. The van der Waals surface area contributed by atoms with Crippen LogP contribution in [-0.4, -0.2) is 28.3 Å². The van der Waals surface area contributed by atoms with Gasteiger partial charge in [-0.1, -0.05) is 12.5 Å². The Labute approximate surface area is 153 Å². The van der Waals surface area contributed by atoms with E-state index in [9.17, 15) is 4.39 Å². The zero-order chi connectivity index (χ0) is 18.5. The summed E-state index contributed by atoms with van der Waals surface area (Å²) < 4.78 is 27.4. The standard InChI is InChI=1S/C21H25FN2O2/c1-13-9-19-16(12-23-24(19)18-7-5-17(22)6-8-18)11-21(13,4)20-25-14(2)10-15(3)26-20/h5-9,12,14-15,20H,10-11H2,1-4H3/t14-,15-,21-/m0/s1. The van der Waals surface area contributed by atoms with Crippen LogP contribution in [0.5, 0.6) is 0 Å². The molecule has 26 heavy (non-hydrogen) atoms. The molecule has 1 aliphatic carbocycles. The molecule has 1 saturated heterocycles. The van der Waals surface area contributed by atoms with Crippen LogP contribution in [0.3, 0.4) is 0 Å². The van der Waals surface area contributed by atoms with Crippen LogP contribution in [0, 0.1) is 11.2 Å². The van der Waals surface area contributed by atoms with Crippen LogP contribution >= 0.6 is 0 Å². The molecule has 0 spiro atoms. The lowest BCUT2D eigenvalue weighted by Crippen LogP contribution is -2.47. The van der Waals surface area contributed by atoms with Gasteiger partial charge in [0.1, 0.15) is 5.82 Å². The number of fused-ring (bicyclic) bond motifs is 1. The fraction of sp³-hybridized carbons (Fsp3) is 0.476. The molecule has 5 heteroatoms. The first-order valence-corrected chi connectivity index (χ1v) is 9.19. The first kappa shape index (κ1) is 17.4. The normalized spacial score (nSPS) is 31.4. The summed E-state index contributed by atoms with van der Waals surface area (Å²) in [5, 5.41) is 4.54. The minimum atomic E-state index is -0.264. The van der Waals surface area contributed by atoms with E-state index in [0.717, 1.165) is 29.8 Å². The molecular weight excluding hydrogens is 331 g/mol. The van der Waals surface area contributed by atoms with Crippen molar-refractivity contribution in [3.8, 4) is 5.69 Å². The SMILES string of the molecule is CC1=Cc2c(cnn2-c2ccc(F)cc2)C[C@]1(C)C1O[C@@H](C)C[C@H](C)O1. The van der Waals surface area contributed by atoms with Gasteiger partial charge in [0.2, 0.25) is 0 Å². The fourth-order valence-electron chi connectivity index (χ4n) is 3.98. The van der Waals surface area contributed by atoms with E-state index < -0.39 is 0 Å². The Morgan fingerprint density at radius 3 is 2.46 bits per heavy atom. The van der Waals surface area contributed by atoms with Gasteiger partial charge >= 0.3 is 0 Å². The quantitative estimate of drug-likeness (QED) is 0.794. The number of hydrogen-bond donors (Lipinski definition) is 0. The van der Waals surface area contributed by atoms with Gasteiger partial charge in [0.15, 0.2) is 6.29 Å². The van der Waals surface area contributed by atoms with Gasteiger partial charge in [0.05, 0.1) is 29.8 Å². The molecule has 4 rings (SSSR count). The highest BCUT2D eigenvalue weighted by molar-refractivity contribution is 5.60. The molecule has 0 N–H and O–H groups in total. The molecule has 2 heterocycles. The molecule has 4 nitrogen and oxygen atoms in total. The highest BCUT2D eigenvalue weighted by Gasteiger charge is 2.44. The number of hydrogen-bond acceptors (Lipinski definition) is 3. The van der Waals surface area contributed by atoms with Gasteiger partial charge in [-0.25, -0.2) is 9.07 Å². The smallest absolute Gasteiger partial charge is 0.167 e. The van der Waals surface area contributed by atoms with E-state index in [0.29, 0.717) is 0 Å². The summed E-state index contributed by atoms with van der Waals surface area (Å²) in [5.41, 5.74) is 4.03. The maximum atomic E-state index is 13.2. The maximum absolute atomic E-state index is 13.2. The van der Waals surface area contributed by atoms with Crippen LogP contribution in [0.2, 0.25) is 0 Å². The third-order valence-electron chi connectivity index (χ3n) is 5.67. The molecule has 0 amide bonds. The van der Waals surface area contributed by atoms with E-state index in [1.165, 1.54) is 17.7 Å². The van der Waals surface area contributed by atoms with Crippen LogP contribution in [0.25, 0.3) is 11.8 Å². The maximum Gasteiger partial charge on any atom is 0.167 e. The second kappa shape index (κ2) is 6.32. The Balaban J connectivity index is 1.68. The Kier molecular flexibility index (Phi) is 4.24. The summed E-state index contributed by atoms with van der Waals surface area (Å²) in [6, 6.07) is 6.41. The molecule has 3 atom stereocenters. The van der Waals surface area contributed by atoms with E-state index in [1.807, 2.05) is 10.9 Å². The third kappa shape index (κ3) is 2.89. The second-order valence-corrected chi connectivity index (χ2v) is 7.83. The zero-order valence-electron chi connectivity index (χ0n) is 15.7. The van der Waals surface area contributed by atoms with Crippen molar-refractivity contribution in [2.75, 3.05) is 0 Å². The Morgan fingerprint density at radius 1 is 1.15 bits per heavy atom. The molecule has 138 valence electrons. The minimum Gasteiger partial charge on any atom is -0.349 e. The first-order chi connectivity index (χ1) is 12.4. The Morgan fingerprint density at radius 2 is 1.81 bits per heavy atom. The van der Waals surface area contributed by atoms with Gasteiger partial charge in [0.25, 0.3) is 0 Å². The Bertz CT molecular complexity index is 832. The van der Waals surface area contributed by atoms with Crippen LogP contribution in [0.1, 0.15) is 45.4 Å². The number of ether oxygens (including phenoxy) is 2. The van der Waals surface area contributed by atoms with E-state index in [4.69, 9.17) is 9.47 Å². The lowest BCUT2D eigenvalue weighted by Gasteiger charge is -2.45. The molecule has 2 aliphatic rings. The molecular formula is C21H25FN2O2. The lowest BCUT2D eigenvalue weighted by atomic mass is 9.73. The van der Waals surface area contributed by atoms with Crippen LogP contribution in [0.4, 0.5) is 4.39 Å². The summed E-state index contributed by atoms with van der Waals surface area (Å²) in [7, 11) is 0. The van der Waals surface area contributed by atoms with Crippen molar-refractivity contribution in [2.45, 2.75) is 59.0 Å². The number of rotatable bonds is 2. The van der Waals surface area contributed by atoms with E-state index >= 15 is 0 Å². The molecule has 1 aromatic carbocycles. The van der Waals surface area contributed by atoms with Crippen molar-refractivity contribution in [3.05, 3.63) is 53.1 Å². The molecule has 0 unspecified atom stereocenters. The van der Waals surface area contributed by atoms with Crippen LogP contribution < -0.4 is 0 Å². The number of halogens is 1. The summed E-state index contributed by atoms with van der Waals surface area (Å²) in [4.78, 5) is 0.